The van der Waals surface area contributed by atoms with E-state index >= 15 is 0 Å². The molecule has 2 aromatic carbocycles. The number of nitrogens with zero attached hydrogens (tertiary/aromatic N) is 2. The summed E-state index contributed by atoms with van der Waals surface area (Å²) in [5.41, 5.74) is 10.4. The van der Waals surface area contributed by atoms with Crippen molar-refractivity contribution in [1.82, 2.24) is 9.97 Å². The quantitative estimate of drug-likeness (QED) is 0.260. The zero-order valence-electron chi connectivity index (χ0n) is 22.3. The van der Waals surface area contributed by atoms with Gasteiger partial charge in [0.2, 0.25) is 5.91 Å². The van der Waals surface area contributed by atoms with E-state index in [1.54, 1.807) is 6.20 Å². The maximum atomic E-state index is 13.0. The van der Waals surface area contributed by atoms with Crippen LogP contribution in [0.2, 0.25) is 0 Å². The van der Waals surface area contributed by atoms with E-state index in [2.05, 4.69) is 42.0 Å². The smallest absolute Gasteiger partial charge is 0.229 e. The van der Waals surface area contributed by atoms with Gasteiger partial charge in [-0.05, 0) is 72.8 Å². The summed E-state index contributed by atoms with van der Waals surface area (Å²) in [6.45, 7) is 6.95. The molecule has 1 aliphatic rings. The molecule has 0 bridgehead atoms. The Labute approximate surface area is 229 Å². The van der Waals surface area contributed by atoms with E-state index in [1.165, 1.54) is 32.1 Å². The molecule has 2 unspecified atom stereocenters. The van der Waals surface area contributed by atoms with Gasteiger partial charge in [-0.1, -0.05) is 80.2 Å². The Kier molecular flexibility index (Phi) is 9.01. The summed E-state index contributed by atoms with van der Waals surface area (Å²) in [5, 5.41) is 3.10. The molecule has 0 aliphatic heterocycles. The number of aromatic nitrogens is 2. The predicted molar refractivity (Wildman–Crippen MR) is 156 cm³/mol. The molecule has 4 rings (SSSR count). The highest BCUT2D eigenvalue weighted by molar-refractivity contribution is 9.10. The maximum Gasteiger partial charge on any atom is 0.229 e. The number of nitrogens with one attached hydrogen (secondary N) is 1. The zero-order chi connectivity index (χ0) is 26.4. The Balaban J connectivity index is 1.66. The first-order valence-corrected chi connectivity index (χ1v) is 14.4. The molecular formula is C31H39BrN4O. The van der Waals surface area contributed by atoms with Gasteiger partial charge in [0.1, 0.15) is 0 Å². The number of carbonyl (C=O) groups excluding carboxylic acids is 1. The van der Waals surface area contributed by atoms with E-state index in [0.29, 0.717) is 12.2 Å². The highest BCUT2D eigenvalue weighted by Crippen LogP contribution is 2.49. The van der Waals surface area contributed by atoms with E-state index in [0.717, 1.165) is 57.4 Å². The van der Waals surface area contributed by atoms with Crippen LogP contribution >= 0.6 is 15.9 Å². The van der Waals surface area contributed by atoms with Gasteiger partial charge in [-0.3, -0.25) is 4.79 Å². The highest BCUT2D eigenvalue weighted by atomic mass is 79.9. The maximum absolute atomic E-state index is 13.0. The largest absolute Gasteiger partial charge is 0.399 e. The molecule has 5 nitrogen and oxygen atoms in total. The number of carbonyl (C=O) groups is 1. The van der Waals surface area contributed by atoms with Crippen molar-refractivity contribution >= 4 is 33.3 Å². The lowest BCUT2D eigenvalue weighted by molar-refractivity contribution is -0.115. The summed E-state index contributed by atoms with van der Waals surface area (Å²) < 4.78 is 0.996. The third-order valence-electron chi connectivity index (χ3n) is 8.14. The fourth-order valence-corrected chi connectivity index (χ4v) is 6.16. The second-order valence-electron chi connectivity index (χ2n) is 10.7. The van der Waals surface area contributed by atoms with Crippen LogP contribution in [-0.4, -0.2) is 15.9 Å². The number of nitrogens with two attached hydrogens (primary N) is 1. The predicted octanol–water partition coefficient (Wildman–Crippen LogP) is 7.84. The number of benzene rings is 2. The zero-order valence-corrected chi connectivity index (χ0v) is 23.9. The normalized spacial score (nSPS) is 21.5. The minimum absolute atomic E-state index is 0.0785. The molecule has 1 amide bonds. The van der Waals surface area contributed by atoms with Crippen LogP contribution in [0.4, 0.5) is 11.5 Å². The van der Waals surface area contributed by atoms with Crippen molar-refractivity contribution < 1.29 is 4.79 Å². The van der Waals surface area contributed by atoms with Gasteiger partial charge in [-0.15, -0.1) is 0 Å². The van der Waals surface area contributed by atoms with Crippen LogP contribution in [0, 0.1) is 17.3 Å². The van der Waals surface area contributed by atoms with Crippen LogP contribution in [-0.2, 0) is 17.6 Å². The summed E-state index contributed by atoms with van der Waals surface area (Å²) in [6.07, 6.45) is 10.1. The second-order valence-corrected chi connectivity index (χ2v) is 11.7. The standard InChI is InChI=1S/C31H39BrN4O/c1-4-21-15-22(5-2)18-31(6-3,17-21)19-27-30(36-29(37)16-23-7-11-25(32)12-8-23)34-20-28(35-27)24-9-13-26(33)14-10-24/h7-14,20-22H,4-6,15-19,33H2,1-3H3,(H,34,36,37). The van der Waals surface area contributed by atoms with E-state index < -0.39 is 0 Å². The van der Waals surface area contributed by atoms with Gasteiger partial charge in [-0.25, -0.2) is 9.97 Å². The SMILES string of the molecule is CCC1CC(CC)CC(CC)(Cc2nc(-c3ccc(N)cc3)cnc2NC(=O)Cc2ccc(Br)cc2)C1. The molecule has 2 atom stereocenters. The van der Waals surface area contributed by atoms with Crippen LogP contribution in [0.15, 0.2) is 59.2 Å². The number of halogens is 1. The average Bonchev–Trinajstić information content (AvgIpc) is 2.91. The molecule has 1 saturated carbocycles. The van der Waals surface area contributed by atoms with Crippen LogP contribution < -0.4 is 11.1 Å². The third-order valence-corrected chi connectivity index (χ3v) is 8.67. The van der Waals surface area contributed by atoms with E-state index in [4.69, 9.17) is 15.7 Å². The number of amides is 1. The van der Waals surface area contributed by atoms with E-state index in [1.807, 2.05) is 48.5 Å². The van der Waals surface area contributed by atoms with Crippen LogP contribution in [0.1, 0.15) is 70.6 Å². The molecule has 1 fully saturated rings. The van der Waals surface area contributed by atoms with Gasteiger partial charge >= 0.3 is 0 Å². The van der Waals surface area contributed by atoms with Crippen molar-refractivity contribution in [3.05, 3.63) is 70.5 Å². The number of rotatable bonds is 9. The molecule has 37 heavy (non-hydrogen) atoms. The molecule has 1 aromatic heterocycles. The molecule has 3 N–H and O–H groups in total. The molecule has 196 valence electrons. The molecule has 0 saturated heterocycles. The Morgan fingerprint density at radius 2 is 1.68 bits per heavy atom. The van der Waals surface area contributed by atoms with Crippen molar-refractivity contribution in [2.24, 2.45) is 17.3 Å². The summed E-state index contributed by atoms with van der Waals surface area (Å²) in [5.74, 6) is 1.98. The number of nitrogen functional groups attached to an aromatic ring is 1. The minimum atomic E-state index is -0.0785. The van der Waals surface area contributed by atoms with Gasteiger partial charge in [0, 0.05) is 15.7 Å². The Morgan fingerprint density at radius 3 is 2.27 bits per heavy atom. The minimum Gasteiger partial charge on any atom is -0.399 e. The monoisotopic (exact) mass is 562 g/mol. The second kappa shape index (κ2) is 12.2. The summed E-state index contributed by atoms with van der Waals surface area (Å²) >= 11 is 3.46. The van der Waals surface area contributed by atoms with Crippen LogP contribution in [0.3, 0.4) is 0 Å². The molecule has 1 aliphatic carbocycles. The Bertz CT molecular complexity index is 1180. The number of hydrogen-bond acceptors (Lipinski definition) is 4. The topological polar surface area (TPSA) is 80.9 Å². The lowest BCUT2D eigenvalue weighted by atomic mass is 9.61. The van der Waals surface area contributed by atoms with Gasteiger partial charge in [-0.2, -0.15) is 0 Å². The van der Waals surface area contributed by atoms with Crippen molar-refractivity contribution in [2.75, 3.05) is 11.1 Å². The van der Waals surface area contributed by atoms with Gasteiger partial charge in [0.25, 0.3) is 0 Å². The van der Waals surface area contributed by atoms with Gasteiger partial charge < -0.3 is 11.1 Å². The van der Waals surface area contributed by atoms with Crippen molar-refractivity contribution in [1.29, 1.82) is 0 Å². The first-order chi connectivity index (χ1) is 17.8. The van der Waals surface area contributed by atoms with E-state index in [-0.39, 0.29) is 11.3 Å². The molecule has 0 radical (unpaired) electrons. The molecule has 0 spiro atoms. The Morgan fingerprint density at radius 1 is 1.03 bits per heavy atom. The van der Waals surface area contributed by atoms with Gasteiger partial charge in [0.15, 0.2) is 5.82 Å². The first kappa shape index (κ1) is 27.3. The van der Waals surface area contributed by atoms with Gasteiger partial charge in [0.05, 0.1) is 24.0 Å². The van der Waals surface area contributed by atoms with E-state index in [9.17, 15) is 4.79 Å². The summed E-state index contributed by atoms with van der Waals surface area (Å²) in [7, 11) is 0. The summed E-state index contributed by atoms with van der Waals surface area (Å²) in [6, 6.07) is 15.6. The van der Waals surface area contributed by atoms with Crippen molar-refractivity contribution in [3.8, 4) is 11.3 Å². The number of anilines is 2. The number of hydrogen-bond donors (Lipinski definition) is 2. The Hall–Kier alpha value is -2.73. The fourth-order valence-electron chi connectivity index (χ4n) is 5.89. The molecular weight excluding hydrogens is 524 g/mol. The molecule has 6 heteroatoms. The van der Waals surface area contributed by atoms with Crippen molar-refractivity contribution in [3.63, 3.8) is 0 Å². The fraction of sp³-hybridized carbons (Fsp3) is 0.452. The van der Waals surface area contributed by atoms with Crippen LogP contribution in [0.5, 0.6) is 0 Å². The third kappa shape index (κ3) is 6.98. The average molecular weight is 564 g/mol. The highest BCUT2D eigenvalue weighted by Gasteiger charge is 2.39. The van der Waals surface area contributed by atoms with Crippen molar-refractivity contribution in [2.45, 2.75) is 72.1 Å². The van der Waals surface area contributed by atoms with Crippen LogP contribution in [0.25, 0.3) is 11.3 Å². The molecule has 3 aromatic rings. The first-order valence-electron chi connectivity index (χ1n) is 13.6. The lowest BCUT2D eigenvalue weighted by Gasteiger charge is -2.44. The molecule has 1 heterocycles. The summed E-state index contributed by atoms with van der Waals surface area (Å²) in [4.78, 5) is 22.9. The lowest BCUT2D eigenvalue weighted by Crippen LogP contribution is -2.35.